The van der Waals surface area contributed by atoms with E-state index in [9.17, 15) is 62.2 Å². The lowest BCUT2D eigenvalue weighted by Crippen LogP contribution is -1.97. The summed E-state index contributed by atoms with van der Waals surface area (Å²) in [4.78, 5) is 27.1. The summed E-state index contributed by atoms with van der Waals surface area (Å²) in [5.74, 6) is 1.07. The maximum Gasteiger partial charge on any atom is 0.116 e. The first-order valence-corrected chi connectivity index (χ1v) is 48.1. The first-order chi connectivity index (χ1) is 69.8. The summed E-state index contributed by atoms with van der Waals surface area (Å²) >= 11 is 51.5. The van der Waals surface area contributed by atoms with E-state index in [0.717, 1.165) is 123 Å². The summed E-state index contributed by atoms with van der Waals surface area (Å²) in [7, 11) is 0. The van der Waals surface area contributed by atoms with E-state index in [2.05, 4.69) is 66.3 Å². The van der Waals surface area contributed by atoms with E-state index in [1.807, 2.05) is 189 Å². The van der Waals surface area contributed by atoms with Crippen molar-refractivity contribution < 1.29 is 30.6 Å². The molecule has 720 valence electrons. The SMILES string of the molecule is Cc1ccc(-c2cc(-c3ccc(O)cc3)nc(C)c2C#N)c(Cl)c1.Cc1ccc(-c2cc(-c3cccc(O)c3)nc(C)c2C#N)c(Cl)c1.Cc1ccc(Cl)c(-c2cc(-c3ccc(O)cc3)nc(C)c2C#N)c1Cl.Cc1ccc(Cl)c(-c2cc(-c3cccc(O)c3)nc(C)c2C#N)c1Cl.Cc1cccc(-c2cc(-c3ccc(O)cc3)nc(C)c2C#N)c1Cl.Cc1cccc(-c2cc(-c3cccc(O)c3)nc(C)c2C#N)c1Cl. The van der Waals surface area contributed by atoms with Crippen LogP contribution in [-0.2, 0) is 0 Å². The third-order valence-electron chi connectivity index (χ3n) is 23.7. The van der Waals surface area contributed by atoms with Crippen molar-refractivity contribution in [1.29, 1.82) is 31.6 Å². The minimum atomic E-state index is 0.148. The van der Waals surface area contributed by atoms with Crippen molar-refractivity contribution in [3.05, 3.63) is 420 Å². The molecule has 0 spiro atoms. The second kappa shape index (κ2) is 47.7. The van der Waals surface area contributed by atoms with Crippen LogP contribution in [0.25, 0.3) is 134 Å². The second-order valence-electron chi connectivity index (χ2n) is 34.0. The summed E-state index contributed by atoms with van der Waals surface area (Å²) in [6.07, 6.45) is 0. The van der Waals surface area contributed by atoms with Gasteiger partial charge in [0.1, 0.15) is 70.9 Å². The summed E-state index contributed by atoms with van der Waals surface area (Å²) < 4.78 is 0. The Morgan fingerprint density at radius 1 is 0.192 bits per heavy atom. The highest BCUT2D eigenvalue weighted by molar-refractivity contribution is 6.41. The molecule has 0 saturated carbocycles. The van der Waals surface area contributed by atoms with E-state index in [0.29, 0.717) is 153 Å². The zero-order chi connectivity index (χ0) is 105. The first kappa shape index (κ1) is 107. The molecule has 0 amide bonds. The van der Waals surface area contributed by atoms with Crippen molar-refractivity contribution in [3.63, 3.8) is 0 Å². The molecule has 0 fully saturated rings. The highest BCUT2D eigenvalue weighted by atomic mass is 35.5. The zero-order valence-electron chi connectivity index (χ0n) is 80.6. The van der Waals surface area contributed by atoms with E-state index in [1.54, 1.807) is 173 Å². The number of phenolic OH excluding ortho intramolecular Hbond substituents is 6. The molecular weight excluding hydrogens is 1990 g/mol. The van der Waals surface area contributed by atoms with Gasteiger partial charge >= 0.3 is 0 Å². The van der Waals surface area contributed by atoms with Gasteiger partial charge in [0.15, 0.2) is 0 Å². The molecule has 18 rings (SSSR count). The molecule has 0 aliphatic rings. The number of aromatic hydroxyl groups is 6. The Kier molecular flexibility index (Phi) is 34.9. The summed E-state index contributed by atoms with van der Waals surface area (Å²) in [5, 5.41) is 119. The van der Waals surface area contributed by atoms with Gasteiger partial charge < -0.3 is 30.6 Å². The van der Waals surface area contributed by atoms with Gasteiger partial charge in [0, 0.05) is 120 Å². The monoisotopic (exact) mass is 2070 g/mol. The first-order valence-electron chi connectivity index (χ1n) is 45.1. The third-order valence-corrected chi connectivity index (χ3v) is 26.9. The smallest absolute Gasteiger partial charge is 0.116 e. The fraction of sp³-hybridized carbons (Fsp3) is 0.100. The van der Waals surface area contributed by atoms with E-state index in [1.165, 1.54) is 0 Å². The molecule has 6 aromatic heterocycles. The Hall–Kier alpha value is -16.4. The average Bonchev–Trinajstić information content (AvgIpc) is 0.806. The number of hydrogen-bond acceptors (Lipinski definition) is 18. The Morgan fingerprint density at radius 2 is 0.425 bits per heavy atom. The Morgan fingerprint density at radius 3 is 0.678 bits per heavy atom. The Labute approximate surface area is 886 Å². The largest absolute Gasteiger partial charge is 0.508 e. The van der Waals surface area contributed by atoms with Crippen LogP contribution in [0.4, 0.5) is 0 Å². The standard InChI is InChI=1S/2C20H14Cl2N2O.4C20H15ClN2O/c1-11-3-8-17(21)19(20(11)22)15-9-18(24-12(2)16(15)10-23)13-4-6-14(25)7-5-13;1-11-6-7-17(21)19(20(11)22)15-9-18(24-12(2)16(15)10-23)13-4-3-5-14(25)8-13;1-12-3-8-16(19(21)9-12)17-10-20(23-13(2)18(17)11-22)14-4-6-15(24)7-5-14;1-12-5-3-8-16(20(12)21)17-10-19(23-13(2)18(17)11-22)14-6-4-7-15(24)9-14;1-12-4-3-5-16(20(12)21)17-10-19(23-13(2)18(17)11-22)14-6-8-15(24)9-7-14;1-12-6-7-16(19(21)8-12)17-10-20(23-13(2)18(17)11-22)14-4-3-5-15(24)9-14/h2*3-9,25H,1-2H3;4*3-10,24H,1-2H3. The van der Waals surface area contributed by atoms with Crippen molar-refractivity contribution in [2.24, 2.45) is 0 Å². The van der Waals surface area contributed by atoms with Crippen LogP contribution in [-0.4, -0.2) is 60.5 Å². The second-order valence-corrected chi connectivity index (χ2v) is 37.1. The fourth-order valence-corrected chi connectivity index (χ4v) is 18.4. The average molecular weight is 2080 g/mol. The van der Waals surface area contributed by atoms with Crippen LogP contribution in [0, 0.1) is 151 Å². The Balaban J connectivity index is 0.000000147. The predicted octanol–water partition coefficient (Wildman–Crippen LogP) is 32.9. The minimum Gasteiger partial charge on any atom is -0.508 e. The van der Waals surface area contributed by atoms with E-state index in [-0.39, 0.29) is 34.5 Å². The lowest BCUT2D eigenvalue weighted by Gasteiger charge is -2.14. The molecule has 6 N–H and O–H groups in total. The van der Waals surface area contributed by atoms with Crippen molar-refractivity contribution in [2.45, 2.75) is 83.1 Å². The molecule has 0 aliphatic carbocycles. The third kappa shape index (κ3) is 24.7. The molecule has 0 aliphatic heterocycles. The molecule has 146 heavy (non-hydrogen) atoms. The number of pyridine rings is 6. The number of aromatic nitrogens is 6. The highest BCUT2D eigenvalue weighted by Crippen LogP contribution is 2.46. The number of nitrogens with zero attached hydrogens (tertiary/aromatic N) is 12. The molecule has 0 bridgehead atoms. The molecule has 0 radical (unpaired) electrons. The Bertz CT molecular complexity index is 8410. The lowest BCUT2D eigenvalue weighted by atomic mass is 9.96. The van der Waals surface area contributed by atoms with Crippen LogP contribution in [0.1, 0.15) is 101 Å². The minimum absolute atomic E-state index is 0.148. The van der Waals surface area contributed by atoms with Crippen molar-refractivity contribution in [3.8, 4) is 205 Å². The van der Waals surface area contributed by atoms with Gasteiger partial charge in [-0.05, 0) is 286 Å². The molecule has 26 heteroatoms. The lowest BCUT2D eigenvalue weighted by molar-refractivity contribution is 0.475. The summed E-state index contributed by atoms with van der Waals surface area (Å²) in [6, 6.07) is 95.6. The van der Waals surface area contributed by atoms with Crippen LogP contribution in [0.5, 0.6) is 34.5 Å². The van der Waals surface area contributed by atoms with Gasteiger partial charge in [-0.3, -0.25) is 29.9 Å². The number of benzene rings is 12. The van der Waals surface area contributed by atoms with Crippen molar-refractivity contribution in [1.82, 2.24) is 29.9 Å². The highest BCUT2D eigenvalue weighted by Gasteiger charge is 2.26. The van der Waals surface area contributed by atoms with Crippen LogP contribution in [0.2, 0.25) is 40.2 Å². The number of hydrogen-bond donors (Lipinski definition) is 6. The topological polar surface area (TPSA) is 341 Å². The summed E-state index contributed by atoms with van der Waals surface area (Å²) in [5.41, 5.74) is 30.2. The van der Waals surface area contributed by atoms with Crippen LogP contribution in [0.3, 0.4) is 0 Å². The van der Waals surface area contributed by atoms with Crippen LogP contribution < -0.4 is 0 Å². The maximum atomic E-state index is 9.73. The van der Waals surface area contributed by atoms with E-state index in [4.69, 9.17) is 92.8 Å². The molecule has 0 unspecified atom stereocenters. The fourth-order valence-electron chi connectivity index (χ4n) is 16.1. The molecule has 6 heterocycles. The van der Waals surface area contributed by atoms with Gasteiger partial charge in [-0.25, -0.2) is 0 Å². The molecule has 18 nitrogen and oxygen atoms in total. The molecular formula is C120H88Cl8N12O6. The van der Waals surface area contributed by atoms with Gasteiger partial charge in [0.25, 0.3) is 0 Å². The van der Waals surface area contributed by atoms with Crippen molar-refractivity contribution >= 4 is 92.8 Å². The van der Waals surface area contributed by atoms with Gasteiger partial charge in [-0.2, -0.15) is 31.6 Å². The number of aryl methyl sites for hydroxylation is 12. The molecule has 0 atom stereocenters. The molecule has 18 aromatic rings. The van der Waals surface area contributed by atoms with Gasteiger partial charge in [0.05, 0.1) is 122 Å². The van der Waals surface area contributed by atoms with Gasteiger partial charge in [-0.15, -0.1) is 0 Å². The number of halogens is 8. The number of rotatable bonds is 12. The summed E-state index contributed by atoms with van der Waals surface area (Å²) in [6.45, 7) is 22.4. The molecule has 12 aromatic carbocycles. The van der Waals surface area contributed by atoms with Gasteiger partial charge in [0.2, 0.25) is 0 Å². The van der Waals surface area contributed by atoms with Gasteiger partial charge in [-0.1, -0.05) is 202 Å². The van der Waals surface area contributed by atoms with E-state index >= 15 is 0 Å². The number of nitriles is 6. The van der Waals surface area contributed by atoms with Crippen molar-refractivity contribution in [2.75, 3.05) is 0 Å². The predicted molar refractivity (Wildman–Crippen MR) is 586 cm³/mol. The quantitative estimate of drug-likeness (QED) is 0.0662. The zero-order valence-corrected chi connectivity index (χ0v) is 86.7. The van der Waals surface area contributed by atoms with Crippen LogP contribution in [0.15, 0.2) is 279 Å². The molecule has 0 saturated heterocycles. The maximum absolute atomic E-state index is 9.73. The normalized spacial score (nSPS) is 10.5. The number of phenols is 6. The van der Waals surface area contributed by atoms with Crippen LogP contribution >= 0.6 is 92.8 Å². The van der Waals surface area contributed by atoms with E-state index < -0.39 is 0 Å².